The van der Waals surface area contributed by atoms with Gasteiger partial charge in [-0.2, -0.15) is 0 Å². The average Bonchev–Trinajstić information content (AvgIpc) is 3.03. The Morgan fingerprint density at radius 1 is 0.905 bits per heavy atom. The minimum Gasteiger partial charge on any atom is -0.314 e. The zero-order valence-electron chi connectivity index (χ0n) is 13.8. The van der Waals surface area contributed by atoms with Crippen molar-refractivity contribution in [1.82, 2.24) is 15.1 Å². The molecule has 0 spiro atoms. The van der Waals surface area contributed by atoms with Crippen molar-refractivity contribution in [3.63, 3.8) is 0 Å². The molecule has 4 heterocycles. The molecule has 4 rings (SSSR count). The third-order valence-corrected chi connectivity index (χ3v) is 6.68. The van der Waals surface area contributed by atoms with Crippen molar-refractivity contribution in [2.24, 2.45) is 0 Å². The van der Waals surface area contributed by atoms with Gasteiger partial charge in [0, 0.05) is 36.8 Å². The Morgan fingerprint density at radius 3 is 2.48 bits per heavy atom. The third kappa shape index (κ3) is 2.66. The Balaban J connectivity index is 1.42. The number of rotatable bonds is 4. The quantitative estimate of drug-likeness (QED) is 0.859. The van der Waals surface area contributed by atoms with Crippen LogP contribution in [-0.2, 0) is 0 Å². The van der Waals surface area contributed by atoms with Gasteiger partial charge in [-0.05, 0) is 64.5 Å². The van der Waals surface area contributed by atoms with Crippen LogP contribution in [0.15, 0.2) is 0 Å². The Morgan fingerprint density at radius 2 is 1.71 bits per heavy atom. The first-order valence-corrected chi connectivity index (χ1v) is 9.61. The van der Waals surface area contributed by atoms with Gasteiger partial charge in [-0.3, -0.25) is 9.80 Å². The Hall–Kier alpha value is -0.120. The van der Waals surface area contributed by atoms with Gasteiger partial charge >= 0.3 is 0 Å². The molecule has 4 unspecified atom stereocenters. The fraction of sp³-hybridized carbons (Fsp3) is 1.00. The van der Waals surface area contributed by atoms with E-state index in [1.807, 2.05) is 0 Å². The second kappa shape index (κ2) is 6.17. The Kier molecular flexibility index (Phi) is 4.25. The summed E-state index contributed by atoms with van der Waals surface area (Å²) in [7, 11) is 0. The number of fused-ring (bicyclic) bond motifs is 3. The molecule has 21 heavy (non-hydrogen) atoms. The minimum atomic E-state index is 0.808. The molecular weight excluding hydrogens is 258 g/mol. The Bertz CT molecular complexity index is 344. The topological polar surface area (TPSA) is 18.5 Å². The smallest absolute Gasteiger partial charge is 0.0269 e. The predicted molar refractivity (Wildman–Crippen MR) is 87.6 cm³/mol. The van der Waals surface area contributed by atoms with Gasteiger partial charge in [0.15, 0.2) is 0 Å². The monoisotopic (exact) mass is 291 g/mol. The van der Waals surface area contributed by atoms with Crippen LogP contribution in [0.3, 0.4) is 0 Å². The molecule has 0 amide bonds. The summed E-state index contributed by atoms with van der Waals surface area (Å²) in [6, 6.07) is 4.40. The molecule has 4 fully saturated rings. The van der Waals surface area contributed by atoms with Crippen molar-refractivity contribution in [3.05, 3.63) is 0 Å². The standard InChI is InChI=1S/C18H33N3/c1-2-9-19-14-12-15-6-7-16(13-14)21(15)18-8-11-20-10-4-3-5-17(18)20/h14-19H,2-13H2,1H3. The molecule has 4 atom stereocenters. The van der Waals surface area contributed by atoms with Crippen molar-refractivity contribution in [2.75, 3.05) is 19.6 Å². The van der Waals surface area contributed by atoms with E-state index in [9.17, 15) is 0 Å². The Labute approximate surface area is 130 Å². The first-order chi connectivity index (χ1) is 10.4. The van der Waals surface area contributed by atoms with Gasteiger partial charge in [-0.15, -0.1) is 0 Å². The molecule has 0 radical (unpaired) electrons. The molecule has 4 aliphatic rings. The first-order valence-electron chi connectivity index (χ1n) is 9.61. The summed E-state index contributed by atoms with van der Waals surface area (Å²) in [6.45, 7) is 6.25. The maximum atomic E-state index is 3.80. The summed E-state index contributed by atoms with van der Waals surface area (Å²) in [6.07, 6.45) is 12.9. The summed E-state index contributed by atoms with van der Waals surface area (Å²) in [4.78, 5) is 5.83. The van der Waals surface area contributed by atoms with Gasteiger partial charge in [0.1, 0.15) is 0 Å². The number of hydrogen-bond acceptors (Lipinski definition) is 3. The molecule has 0 aliphatic carbocycles. The largest absolute Gasteiger partial charge is 0.314 e. The second-order valence-electron chi connectivity index (χ2n) is 7.91. The summed E-state index contributed by atoms with van der Waals surface area (Å²) in [5.74, 6) is 0. The van der Waals surface area contributed by atoms with Crippen LogP contribution in [-0.4, -0.2) is 59.6 Å². The van der Waals surface area contributed by atoms with Crippen LogP contribution in [0.25, 0.3) is 0 Å². The zero-order valence-corrected chi connectivity index (χ0v) is 13.8. The predicted octanol–water partition coefficient (Wildman–Crippen LogP) is 2.61. The van der Waals surface area contributed by atoms with E-state index in [4.69, 9.17) is 0 Å². The average molecular weight is 291 g/mol. The van der Waals surface area contributed by atoms with Gasteiger partial charge in [-0.1, -0.05) is 13.3 Å². The lowest BCUT2D eigenvalue weighted by Crippen LogP contribution is -2.56. The highest BCUT2D eigenvalue weighted by Gasteiger charge is 2.48. The summed E-state index contributed by atoms with van der Waals surface area (Å²) in [5, 5.41) is 3.80. The van der Waals surface area contributed by atoms with E-state index < -0.39 is 0 Å². The first kappa shape index (κ1) is 14.5. The molecule has 0 aromatic heterocycles. The lowest BCUT2D eigenvalue weighted by Gasteiger charge is -2.46. The van der Waals surface area contributed by atoms with E-state index in [0.717, 1.165) is 30.2 Å². The number of nitrogens with one attached hydrogen (secondary N) is 1. The van der Waals surface area contributed by atoms with Crippen molar-refractivity contribution in [1.29, 1.82) is 0 Å². The molecule has 3 nitrogen and oxygen atoms in total. The summed E-state index contributed by atoms with van der Waals surface area (Å²) >= 11 is 0. The van der Waals surface area contributed by atoms with Gasteiger partial charge in [0.05, 0.1) is 0 Å². The van der Waals surface area contributed by atoms with Crippen molar-refractivity contribution >= 4 is 0 Å². The van der Waals surface area contributed by atoms with Gasteiger partial charge in [-0.25, -0.2) is 0 Å². The van der Waals surface area contributed by atoms with Crippen LogP contribution in [0.4, 0.5) is 0 Å². The van der Waals surface area contributed by atoms with Crippen LogP contribution < -0.4 is 5.32 Å². The highest BCUT2D eigenvalue weighted by atomic mass is 15.3. The van der Waals surface area contributed by atoms with Crippen molar-refractivity contribution < 1.29 is 0 Å². The zero-order chi connectivity index (χ0) is 14.2. The summed E-state index contributed by atoms with van der Waals surface area (Å²) in [5.41, 5.74) is 0. The van der Waals surface area contributed by atoms with E-state index in [0.29, 0.717) is 0 Å². The molecule has 120 valence electrons. The molecule has 4 aliphatic heterocycles. The molecule has 0 aromatic rings. The second-order valence-corrected chi connectivity index (χ2v) is 7.91. The minimum absolute atomic E-state index is 0.808. The van der Waals surface area contributed by atoms with Gasteiger partial charge in [0.2, 0.25) is 0 Å². The van der Waals surface area contributed by atoms with E-state index in [1.165, 1.54) is 77.4 Å². The maximum Gasteiger partial charge on any atom is 0.0269 e. The number of piperidine rings is 2. The SMILES string of the molecule is CCCNC1CC2CCC(C1)N2C1CCN2CCCCC12. The fourth-order valence-electron chi connectivity index (χ4n) is 5.84. The van der Waals surface area contributed by atoms with Crippen molar-refractivity contribution in [3.8, 4) is 0 Å². The van der Waals surface area contributed by atoms with E-state index >= 15 is 0 Å². The summed E-state index contributed by atoms with van der Waals surface area (Å²) < 4.78 is 0. The van der Waals surface area contributed by atoms with Crippen molar-refractivity contribution in [2.45, 2.75) is 94.9 Å². The number of hydrogen-bond donors (Lipinski definition) is 1. The lowest BCUT2D eigenvalue weighted by molar-refractivity contribution is 0.0403. The third-order valence-electron chi connectivity index (χ3n) is 6.68. The van der Waals surface area contributed by atoms with Crippen LogP contribution in [0, 0.1) is 0 Å². The van der Waals surface area contributed by atoms with Crippen LogP contribution in [0.5, 0.6) is 0 Å². The molecule has 0 aromatic carbocycles. The van der Waals surface area contributed by atoms with E-state index in [2.05, 4.69) is 22.0 Å². The highest BCUT2D eigenvalue weighted by Crippen LogP contribution is 2.42. The van der Waals surface area contributed by atoms with E-state index in [-0.39, 0.29) is 0 Å². The molecule has 4 saturated heterocycles. The molecule has 2 bridgehead atoms. The molecular formula is C18H33N3. The fourth-order valence-corrected chi connectivity index (χ4v) is 5.84. The normalized spacial score (nSPS) is 44.1. The number of nitrogens with zero attached hydrogens (tertiary/aromatic N) is 2. The maximum absolute atomic E-state index is 3.80. The molecule has 0 saturated carbocycles. The van der Waals surface area contributed by atoms with Crippen LogP contribution >= 0.6 is 0 Å². The van der Waals surface area contributed by atoms with Gasteiger partial charge < -0.3 is 5.32 Å². The highest BCUT2D eigenvalue weighted by molar-refractivity contribution is 5.05. The van der Waals surface area contributed by atoms with Crippen LogP contribution in [0.2, 0.25) is 0 Å². The van der Waals surface area contributed by atoms with Gasteiger partial charge in [0.25, 0.3) is 0 Å². The molecule has 1 N–H and O–H groups in total. The van der Waals surface area contributed by atoms with Crippen LogP contribution in [0.1, 0.15) is 64.7 Å². The molecule has 3 heteroatoms. The lowest BCUT2D eigenvalue weighted by atomic mass is 9.91. The van der Waals surface area contributed by atoms with E-state index in [1.54, 1.807) is 0 Å².